The Hall–Kier alpha value is -1.56. The number of nitrogens with zero attached hydrogens (tertiary/aromatic N) is 2. The maximum absolute atomic E-state index is 8.89. The molecule has 1 aromatic heterocycles. The first-order valence-corrected chi connectivity index (χ1v) is 5.25. The highest BCUT2D eigenvalue weighted by Crippen LogP contribution is 2.12. The van der Waals surface area contributed by atoms with Gasteiger partial charge < -0.3 is 5.32 Å². The number of hydrogen-bond acceptors (Lipinski definition) is 3. The van der Waals surface area contributed by atoms with Crippen LogP contribution in [0.15, 0.2) is 12.1 Å². The molecule has 0 unspecified atom stereocenters. The first kappa shape index (κ1) is 11.5. The summed E-state index contributed by atoms with van der Waals surface area (Å²) in [4.78, 5) is 4.31. The molecule has 1 N–H and O–H groups in total. The molecule has 0 bridgehead atoms. The van der Waals surface area contributed by atoms with Crippen molar-refractivity contribution < 1.29 is 0 Å². The number of rotatable bonds is 4. The fraction of sp³-hybridized carbons (Fsp3) is 0.500. The van der Waals surface area contributed by atoms with Crippen molar-refractivity contribution in [3.8, 4) is 6.07 Å². The zero-order valence-corrected chi connectivity index (χ0v) is 9.54. The summed E-state index contributed by atoms with van der Waals surface area (Å²) in [5, 5.41) is 12.1. The molecular formula is C12H17N3. The third-order valence-electron chi connectivity index (χ3n) is 2.17. The van der Waals surface area contributed by atoms with Gasteiger partial charge in [0, 0.05) is 12.2 Å². The molecule has 0 aliphatic carbocycles. The summed E-state index contributed by atoms with van der Waals surface area (Å²) in [7, 11) is 0. The minimum absolute atomic E-state index is 0.615. The van der Waals surface area contributed by atoms with E-state index in [1.54, 1.807) is 6.07 Å². The molecule has 0 aliphatic heterocycles. The number of anilines is 1. The van der Waals surface area contributed by atoms with Crippen molar-refractivity contribution in [2.45, 2.75) is 27.2 Å². The van der Waals surface area contributed by atoms with E-state index in [2.05, 4.69) is 30.2 Å². The third kappa shape index (κ3) is 3.59. The molecule has 1 rings (SSSR count). The Morgan fingerprint density at radius 2 is 2.20 bits per heavy atom. The van der Waals surface area contributed by atoms with E-state index in [4.69, 9.17) is 5.26 Å². The standard InChI is InChI=1S/C12H17N3/c1-9(2)6-7-14-12-11(8-13)5-4-10(3)15-12/h4-5,9H,6-7H2,1-3H3,(H,14,15). The lowest BCUT2D eigenvalue weighted by molar-refractivity contribution is 0.606. The SMILES string of the molecule is Cc1ccc(C#N)c(NCCC(C)C)n1. The minimum Gasteiger partial charge on any atom is -0.369 e. The van der Waals surface area contributed by atoms with Crippen LogP contribution in [0.4, 0.5) is 5.82 Å². The van der Waals surface area contributed by atoms with Gasteiger partial charge in [-0.05, 0) is 31.4 Å². The largest absolute Gasteiger partial charge is 0.369 e. The second kappa shape index (κ2) is 5.35. The molecule has 0 atom stereocenters. The molecule has 0 amide bonds. The molecule has 0 saturated carbocycles. The van der Waals surface area contributed by atoms with E-state index in [9.17, 15) is 0 Å². The number of nitriles is 1. The van der Waals surface area contributed by atoms with Crippen LogP contribution in [0.2, 0.25) is 0 Å². The van der Waals surface area contributed by atoms with Crippen LogP contribution >= 0.6 is 0 Å². The third-order valence-corrected chi connectivity index (χ3v) is 2.17. The molecule has 1 heterocycles. The van der Waals surface area contributed by atoms with Crippen molar-refractivity contribution in [1.29, 1.82) is 5.26 Å². The van der Waals surface area contributed by atoms with Crippen LogP contribution in [0.25, 0.3) is 0 Å². The predicted octanol–water partition coefficient (Wildman–Crippen LogP) is 2.72. The van der Waals surface area contributed by atoms with Gasteiger partial charge in [0.05, 0.1) is 5.56 Å². The lowest BCUT2D eigenvalue weighted by Crippen LogP contribution is -2.08. The quantitative estimate of drug-likeness (QED) is 0.818. The molecule has 0 saturated heterocycles. The number of nitrogens with one attached hydrogen (secondary N) is 1. The van der Waals surface area contributed by atoms with Gasteiger partial charge in [0.1, 0.15) is 11.9 Å². The van der Waals surface area contributed by atoms with Gasteiger partial charge >= 0.3 is 0 Å². The van der Waals surface area contributed by atoms with E-state index < -0.39 is 0 Å². The second-order valence-corrected chi connectivity index (χ2v) is 4.07. The Morgan fingerprint density at radius 1 is 1.47 bits per heavy atom. The van der Waals surface area contributed by atoms with Gasteiger partial charge in [-0.3, -0.25) is 0 Å². The monoisotopic (exact) mass is 203 g/mol. The highest BCUT2D eigenvalue weighted by molar-refractivity contribution is 5.52. The smallest absolute Gasteiger partial charge is 0.144 e. The number of hydrogen-bond donors (Lipinski definition) is 1. The topological polar surface area (TPSA) is 48.7 Å². The van der Waals surface area contributed by atoms with Crippen LogP contribution in [0, 0.1) is 24.2 Å². The summed E-state index contributed by atoms with van der Waals surface area (Å²) < 4.78 is 0. The molecule has 15 heavy (non-hydrogen) atoms. The lowest BCUT2D eigenvalue weighted by atomic mass is 10.1. The summed E-state index contributed by atoms with van der Waals surface area (Å²) in [6.07, 6.45) is 1.08. The molecule has 0 spiro atoms. The van der Waals surface area contributed by atoms with Gasteiger partial charge in [-0.2, -0.15) is 5.26 Å². The first-order chi connectivity index (χ1) is 7.13. The number of aromatic nitrogens is 1. The van der Waals surface area contributed by atoms with Crippen molar-refractivity contribution in [2.75, 3.05) is 11.9 Å². The predicted molar refractivity (Wildman–Crippen MR) is 61.6 cm³/mol. The zero-order chi connectivity index (χ0) is 11.3. The Balaban J connectivity index is 2.67. The van der Waals surface area contributed by atoms with Crippen molar-refractivity contribution >= 4 is 5.82 Å². The molecule has 0 fully saturated rings. The summed E-state index contributed by atoms with van der Waals surface area (Å²) in [5.41, 5.74) is 1.55. The number of pyridine rings is 1. The molecule has 3 nitrogen and oxygen atoms in total. The maximum Gasteiger partial charge on any atom is 0.144 e. The summed E-state index contributed by atoms with van der Waals surface area (Å²) in [6, 6.07) is 5.79. The fourth-order valence-electron chi connectivity index (χ4n) is 1.26. The van der Waals surface area contributed by atoms with Gasteiger partial charge in [0.25, 0.3) is 0 Å². The van der Waals surface area contributed by atoms with Gasteiger partial charge in [-0.25, -0.2) is 4.98 Å². The molecule has 1 aromatic rings. The summed E-state index contributed by atoms with van der Waals surface area (Å²) in [6.45, 7) is 7.14. The van der Waals surface area contributed by atoms with E-state index in [1.807, 2.05) is 13.0 Å². The molecule has 3 heteroatoms. The molecule has 0 aliphatic rings. The fourth-order valence-corrected chi connectivity index (χ4v) is 1.26. The van der Waals surface area contributed by atoms with Crippen LogP contribution in [0.1, 0.15) is 31.5 Å². The summed E-state index contributed by atoms with van der Waals surface area (Å²) >= 11 is 0. The van der Waals surface area contributed by atoms with Gasteiger partial charge in [0.15, 0.2) is 0 Å². The average Bonchev–Trinajstić information content (AvgIpc) is 2.17. The van der Waals surface area contributed by atoms with Gasteiger partial charge in [0.2, 0.25) is 0 Å². The van der Waals surface area contributed by atoms with E-state index in [-0.39, 0.29) is 0 Å². The van der Waals surface area contributed by atoms with Crippen molar-refractivity contribution in [3.63, 3.8) is 0 Å². The van der Waals surface area contributed by atoms with E-state index in [0.717, 1.165) is 18.7 Å². The van der Waals surface area contributed by atoms with E-state index in [1.165, 1.54) is 0 Å². The van der Waals surface area contributed by atoms with Crippen LogP contribution < -0.4 is 5.32 Å². The molecule has 0 aromatic carbocycles. The van der Waals surface area contributed by atoms with E-state index >= 15 is 0 Å². The molecule has 80 valence electrons. The van der Waals surface area contributed by atoms with Crippen LogP contribution in [-0.4, -0.2) is 11.5 Å². The zero-order valence-electron chi connectivity index (χ0n) is 9.54. The van der Waals surface area contributed by atoms with Gasteiger partial charge in [-0.15, -0.1) is 0 Å². The highest BCUT2D eigenvalue weighted by atomic mass is 15.0. The molecule has 0 radical (unpaired) electrons. The average molecular weight is 203 g/mol. The normalized spacial score (nSPS) is 10.1. The Morgan fingerprint density at radius 3 is 2.80 bits per heavy atom. The maximum atomic E-state index is 8.89. The van der Waals surface area contributed by atoms with Crippen LogP contribution in [0.5, 0.6) is 0 Å². The minimum atomic E-state index is 0.615. The van der Waals surface area contributed by atoms with Crippen LogP contribution in [0.3, 0.4) is 0 Å². The second-order valence-electron chi connectivity index (χ2n) is 4.07. The van der Waals surface area contributed by atoms with E-state index in [0.29, 0.717) is 17.3 Å². The first-order valence-electron chi connectivity index (χ1n) is 5.25. The molecular weight excluding hydrogens is 186 g/mol. The summed E-state index contributed by atoms with van der Waals surface area (Å²) in [5.74, 6) is 1.37. The Kier molecular flexibility index (Phi) is 4.11. The Bertz CT molecular complexity index is 364. The van der Waals surface area contributed by atoms with Crippen molar-refractivity contribution in [1.82, 2.24) is 4.98 Å². The Labute approximate surface area is 91.1 Å². The van der Waals surface area contributed by atoms with Gasteiger partial charge in [-0.1, -0.05) is 13.8 Å². The lowest BCUT2D eigenvalue weighted by Gasteiger charge is -2.09. The van der Waals surface area contributed by atoms with Crippen LogP contribution in [-0.2, 0) is 0 Å². The highest BCUT2D eigenvalue weighted by Gasteiger charge is 2.03. The van der Waals surface area contributed by atoms with Crippen molar-refractivity contribution in [2.24, 2.45) is 5.92 Å². The van der Waals surface area contributed by atoms with Crippen molar-refractivity contribution in [3.05, 3.63) is 23.4 Å². The number of aryl methyl sites for hydroxylation is 1.